The molecule has 2 atom stereocenters. The monoisotopic (exact) mass is 270 g/mol. The second-order valence-corrected chi connectivity index (χ2v) is 5.62. The predicted molar refractivity (Wildman–Crippen MR) is 85.7 cm³/mol. The Balaban J connectivity index is 1.99. The molecule has 0 N–H and O–H groups in total. The summed E-state index contributed by atoms with van der Waals surface area (Å²) in [5, 5.41) is 0. The van der Waals surface area contributed by atoms with Crippen LogP contribution in [-0.2, 0) is 4.74 Å². The Morgan fingerprint density at radius 1 is 1.25 bits per heavy atom. The summed E-state index contributed by atoms with van der Waals surface area (Å²) in [7, 11) is 0. The van der Waals surface area contributed by atoms with Crippen molar-refractivity contribution in [3.63, 3.8) is 0 Å². The number of benzene rings is 1. The average molecular weight is 270 g/mol. The van der Waals surface area contributed by atoms with E-state index in [1.165, 1.54) is 31.2 Å². The first kappa shape index (κ1) is 14.9. The maximum atomic E-state index is 6.12. The SMILES string of the molecule is C=C(/C=C/CCC)O[C@H]1CCCC[C@@H]1c1ccccc1. The summed E-state index contributed by atoms with van der Waals surface area (Å²) < 4.78 is 6.12. The highest BCUT2D eigenvalue weighted by molar-refractivity contribution is 5.22. The molecule has 0 spiro atoms. The normalized spacial score (nSPS) is 22.9. The maximum absolute atomic E-state index is 6.12. The molecule has 1 aromatic rings. The maximum Gasteiger partial charge on any atom is 0.112 e. The van der Waals surface area contributed by atoms with Gasteiger partial charge >= 0.3 is 0 Å². The summed E-state index contributed by atoms with van der Waals surface area (Å²) in [4.78, 5) is 0. The van der Waals surface area contributed by atoms with Crippen LogP contribution in [0.25, 0.3) is 0 Å². The zero-order valence-corrected chi connectivity index (χ0v) is 12.6. The standard InChI is InChI=1S/C19H26O/c1-3-4-6-11-16(2)20-19-15-10-9-14-18(19)17-12-7-5-8-13-17/h5-8,11-13,18-19H,2-4,9-10,14-15H2,1H3/b11-6+/t18-,19+/m1/s1. The number of rotatable bonds is 6. The molecule has 1 fully saturated rings. The van der Waals surface area contributed by atoms with E-state index >= 15 is 0 Å². The van der Waals surface area contributed by atoms with Crippen LogP contribution in [0.1, 0.15) is 56.9 Å². The number of hydrogen-bond donors (Lipinski definition) is 0. The van der Waals surface area contributed by atoms with Crippen molar-refractivity contribution < 1.29 is 4.74 Å². The van der Waals surface area contributed by atoms with Crippen LogP contribution in [0.5, 0.6) is 0 Å². The summed E-state index contributed by atoms with van der Waals surface area (Å²) >= 11 is 0. The Hall–Kier alpha value is -1.50. The average Bonchev–Trinajstić information content (AvgIpc) is 2.49. The van der Waals surface area contributed by atoms with Gasteiger partial charge in [-0.2, -0.15) is 0 Å². The lowest BCUT2D eigenvalue weighted by Gasteiger charge is -2.32. The number of allylic oxidation sites excluding steroid dienone is 2. The van der Waals surface area contributed by atoms with Crippen LogP contribution in [0, 0.1) is 0 Å². The Morgan fingerprint density at radius 2 is 2.00 bits per heavy atom. The van der Waals surface area contributed by atoms with Gasteiger partial charge in [-0.1, -0.05) is 62.8 Å². The Labute approximate surface area is 123 Å². The van der Waals surface area contributed by atoms with Crippen LogP contribution in [0.4, 0.5) is 0 Å². The van der Waals surface area contributed by atoms with Gasteiger partial charge in [-0.15, -0.1) is 0 Å². The molecular formula is C19H26O. The van der Waals surface area contributed by atoms with Gasteiger partial charge in [0.1, 0.15) is 11.9 Å². The molecule has 0 bridgehead atoms. The van der Waals surface area contributed by atoms with E-state index in [1.807, 2.05) is 6.08 Å². The first-order valence-electron chi connectivity index (χ1n) is 7.88. The van der Waals surface area contributed by atoms with Gasteiger partial charge < -0.3 is 4.74 Å². The van der Waals surface area contributed by atoms with Crippen LogP contribution in [0.15, 0.2) is 54.8 Å². The summed E-state index contributed by atoms with van der Waals surface area (Å²) in [5.41, 5.74) is 1.41. The summed E-state index contributed by atoms with van der Waals surface area (Å²) in [6, 6.07) is 10.8. The van der Waals surface area contributed by atoms with Gasteiger partial charge in [0.15, 0.2) is 0 Å². The van der Waals surface area contributed by atoms with E-state index in [2.05, 4.69) is 49.9 Å². The van der Waals surface area contributed by atoms with E-state index in [9.17, 15) is 0 Å². The smallest absolute Gasteiger partial charge is 0.112 e. The lowest BCUT2D eigenvalue weighted by atomic mass is 9.81. The highest BCUT2D eigenvalue weighted by atomic mass is 16.5. The fraction of sp³-hybridized carbons (Fsp3) is 0.474. The van der Waals surface area contributed by atoms with Gasteiger partial charge in [0.05, 0.1) is 0 Å². The molecule has 108 valence electrons. The second-order valence-electron chi connectivity index (χ2n) is 5.62. The largest absolute Gasteiger partial charge is 0.490 e. The topological polar surface area (TPSA) is 9.23 Å². The van der Waals surface area contributed by atoms with E-state index < -0.39 is 0 Å². The third-order valence-electron chi connectivity index (χ3n) is 3.99. The minimum atomic E-state index is 0.282. The van der Waals surface area contributed by atoms with Crippen molar-refractivity contribution in [1.82, 2.24) is 0 Å². The molecule has 0 saturated heterocycles. The zero-order chi connectivity index (χ0) is 14.2. The molecule has 2 rings (SSSR count). The molecule has 0 aromatic heterocycles. The fourth-order valence-electron chi connectivity index (χ4n) is 2.93. The molecule has 1 aliphatic carbocycles. The van der Waals surface area contributed by atoms with E-state index in [0.29, 0.717) is 5.92 Å². The van der Waals surface area contributed by atoms with Crippen molar-refractivity contribution in [3.8, 4) is 0 Å². The third-order valence-corrected chi connectivity index (χ3v) is 3.99. The third kappa shape index (κ3) is 4.26. The quantitative estimate of drug-likeness (QED) is 0.483. The van der Waals surface area contributed by atoms with E-state index in [4.69, 9.17) is 4.74 Å². The van der Waals surface area contributed by atoms with E-state index in [0.717, 1.165) is 18.6 Å². The molecule has 1 nitrogen and oxygen atoms in total. The van der Waals surface area contributed by atoms with Gasteiger partial charge in [0, 0.05) is 5.92 Å². The number of ether oxygens (including phenoxy) is 1. The van der Waals surface area contributed by atoms with E-state index in [-0.39, 0.29) is 6.10 Å². The van der Waals surface area contributed by atoms with Crippen LogP contribution in [0.3, 0.4) is 0 Å². The number of unbranched alkanes of at least 4 members (excludes halogenated alkanes) is 1. The lowest BCUT2D eigenvalue weighted by molar-refractivity contribution is 0.0709. The number of hydrogen-bond acceptors (Lipinski definition) is 1. The summed E-state index contributed by atoms with van der Waals surface area (Å²) in [6.07, 6.45) is 11.7. The first-order chi connectivity index (χ1) is 9.81. The molecule has 0 aliphatic heterocycles. The van der Waals surface area contributed by atoms with Crippen LogP contribution < -0.4 is 0 Å². The Bertz CT molecular complexity index is 432. The molecule has 1 aliphatic rings. The van der Waals surface area contributed by atoms with Crippen LogP contribution in [-0.4, -0.2) is 6.10 Å². The summed E-state index contributed by atoms with van der Waals surface area (Å²) in [5.74, 6) is 1.33. The van der Waals surface area contributed by atoms with Crippen LogP contribution in [0.2, 0.25) is 0 Å². The van der Waals surface area contributed by atoms with Gasteiger partial charge in [-0.3, -0.25) is 0 Å². The lowest BCUT2D eigenvalue weighted by Crippen LogP contribution is -2.25. The van der Waals surface area contributed by atoms with Crippen molar-refractivity contribution >= 4 is 0 Å². The van der Waals surface area contributed by atoms with E-state index in [1.54, 1.807) is 0 Å². The minimum Gasteiger partial charge on any atom is -0.490 e. The molecule has 0 radical (unpaired) electrons. The van der Waals surface area contributed by atoms with Crippen molar-refractivity contribution in [2.45, 2.75) is 57.5 Å². The molecule has 1 aromatic carbocycles. The van der Waals surface area contributed by atoms with Crippen LogP contribution >= 0.6 is 0 Å². The van der Waals surface area contributed by atoms with Gasteiger partial charge in [-0.05, 0) is 37.3 Å². The predicted octanol–water partition coefficient (Wildman–Crippen LogP) is 5.60. The van der Waals surface area contributed by atoms with Crippen molar-refractivity contribution in [1.29, 1.82) is 0 Å². The summed E-state index contributed by atoms with van der Waals surface area (Å²) in [6.45, 7) is 6.22. The Kier molecular flexibility index (Phi) is 5.91. The molecular weight excluding hydrogens is 244 g/mol. The molecule has 20 heavy (non-hydrogen) atoms. The highest BCUT2D eigenvalue weighted by Gasteiger charge is 2.27. The first-order valence-corrected chi connectivity index (χ1v) is 7.88. The molecule has 0 heterocycles. The van der Waals surface area contributed by atoms with Gasteiger partial charge in [-0.25, -0.2) is 0 Å². The second kappa shape index (κ2) is 7.94. The van der Waals surface area contributed by atoms with Crippen molar-refractivity contribution in [2.75, 3.05) is 0 Å². The highest BCUT2D eigenvalue weighted by Crippen LogP contribution is 2.35. The molecule has 1 saturated carbocycles. The molecule has 1 heteroatoms. The van der Waals surface area contributed by atoms with Gasteiger partial charge in [0.25, 0.3) is 0 Å². The minimum absolute atomic E-state index is 0.282. The van der Waals surface area contributed by atoms with Crippen molar-refractivity contribution in [3.05, 3.63) is 60.4 Å². The fourth-order valence-corrected chi connectivity index (χ4v) is 2.93. The molecule has 0 amide bonds. The Morgan fingerprint density at radius 3 is 2.75 bits per heavy atom. The van der Waals surface area contributed by atoms with Crippen molar-refractivity contribution in [2.24, 2.45) is 0 Å². The molecule has 0 unspecified atom stereocenters. The van der Waals surface area contributed by atoms with Gasteiger partial charge in [0.2, 0.25) is 0 Å². The zero-order valence-electron chi connectivity index (χ0n) is 12.6.